The van der Waals surface area contributed by atoms with Crippen LogP contribution in [-0.4, -0.2) is 9.38 Å². The average Bonchev–Trinajstić information content (AvgIpc) is 3.41. The molecule has 0 saturated carbocycles. The number of hydrogen-bond donors (Lipinski definition) is 0. The molecule has 0 fully saturated rings. The van der Waals surface area contributed by atoms with Gasteiger partial charge in [-0.05, 0) is 47.9 Å². The molecule has 0 N–H and O–H groups in total. The van der Waals surface area contributed by atoms with Crippen molar-refractivity contribution < 1.29 is 0 Å². The Morgan fingerprint density at radius 1 is 0.500 bits per heavy atom. The first-order valence-electron chi connectivity index (χ1n) is 12.2. The average molecular weight is 462 g/mol. The number of fused-ring (bicyclic) bond motifs is 6. The zero-order valence-corrected chi connectivity index (χ0v) is 19.6. The van der Waals surface area contributed by atoms with E-state index in [0.717, 1.165) is 44.9 Å². The van der Waals surface area contributed by atoms with Crippen molar-refractivity contribution in [3.8, 4) is 11.3 Å². The fraction of sp³-hybridized carbons (Fsp3) is 0. The molecule has 2 heterocycles. The summed E-state index contributed by atoms with van der Waals surface area (Å²) < 4.78 is 2.30. The Morgan fingerprint density at radius 3 is 1.81 bits per heavy atom. The minimum absolute atomic E-state index is 0.979. The third kappa shape index (κ3) is 3.25. The van der Waals surface area contributed by atoms with Gasteiger partial charge in [0.25, 0.3) is 0 Å². The molecule has 0 spiro atoms. The monoisotopic (exact) mass is 461 g/mol. The van der Waals surface area contributed by atoms with Crippen LogP contribution >= 0.6 is 0 Å². The first-order valence-corrected chi connectivity index (χ1v) is 12.2. The maximum atomic E-state index is 4.91. The summed E-state index contributed by atoms with van der Waals surface area (Å²) >= 11 is 0. The van der Waals surface area contributed by atoms with E-state index in [0.29, 0.717) is 0 Å². The minimum atomic E-state index is 0.979. The molecule has 7 aromatic rings. The second-order valence-corrected chi connectivity index (χ2v) is 8.92. The van der Waals surface area contributed by atoms with Crippen molar-refractivity contribution in [1.29, 1.82) is 0 Å². The van der Waals surface area contributed by atoms with Crippen LogP contribution in [0.15, 0.2) is 140 Å². The number of anilines is 3. The van der Waals surface area contributed by atoms with Gasteiger partial charge < -0.3 is 4.90 Å². The molecule has 7 rings (SSSR count). The lowest BCUT2D eigenvalue weighted by Gasteiger charge is -2.25. The molecule has 2 aromatic heterocycles. The van der Waals surface area contributed by atoms with Crippen molar-refractivity contribution in [1.82, 2.24) is 9.38 Å². The van der Waals surface area contributed by atoms with Gasteiger partial charge in [0.2, 0.25) is 0 Å². The molecule has 36 heavy (non-hydrogen) atoms. The van der Waals surface area contributed by atoms with Gasteiger partial charge in [-0.15, -0.1) is 0 Å². The number of hydrogen-bond acceptors (Lipinski definition) is 2. The summed E-state index contributed by atoms with van der Waals surface area (Å²) in [5.74, 6) is 0. The molecule has 170 valence electrons. The Morgan fingerprint density at radius 2 is 1.08 bits per heavy atom. The summed E-state index contributed by atoms with van der Waals surface area (Å²) in [6.07, 6.45) is 2.00. The molecular formula is C33H23N3. The fourth-order valence-corrected chi connectivity index (χ4v) is 5.20. The quantitative estimate of drug-likeness (QED) is 0.244. The van der Waals surface area contributed by atoms with Crippen molar-refractivity contribution in [2.45, 2.75) is 0 Å². The largest absolute Gasteiger partial charge is 0.310 e. The van der Waals surface area contributed by atoms with Gasteiger partial charge in [0, 0.05) is 33.4 Å². The standard InChI is InChI=1S/C33H23N3/c1-3-13-25(14-4-1)35(26-15-5-2-6-16-26)27-17-11-12-24(22-27)32-23-34-33-30-20-8-7-18-28(30)29-19-9-10-21-31(29)36(32)33/h1-23H. The summed E-state index contributed by atoms with van der Waals surface area (Å²) in [5.41, 5.74) is 7.68. The van der Waals surface area contributed by atoms with E-state index in [1.807, 2.05) is 6.20 Å². The second-order valence-electron chi connectivity index (χ2n) is 8.92. The van der Waals surface area contributed by atoms with Crippen LogP contribution in [0.2, 0.25) is 0 Å². The van der Waals surface area contributed by atoms with E-state index in [1.54, 1.807) is 0 Å². The van der Waals surface area contributed by atoms with Gasteiger partial charge in [-0.3, -0.25) is 4.40 Å². The van der Waals surface area contributed by atoms with Crippen LogP contribution in [0.1, 0.15) is 0 Å². The predicted molar refractivity (Wildman–Crippen MR) is 150 cm³/mol. The summed E-state index contributed by atoms with van der Waals surface area (Å²) in [4.78, 5) is 7.21. The van der Waals surface area contributed by atoms with E-state index in [4.69, 9.17) is 4.98 Å². The summed E-state index contributed by atoms with van der Waals surface area (Å²) in [7, 11) is 0. The van der Waals surface area contributed by atoms with E-state index >= 15 is 0 Å². The van der Waals surface area contributed by atoms with Crippen LogP contribution in [-0.2, 0) is 0 Å². The molecule has 0 saturated heterocycles. The van der Waals surface area contributed by atoms with Gasteiger partial charge in [0.05, 0.1) is 17.4 Å². The topological polar surface area (TPSA) is 20.5 Å². The van der Waals surface area contributed by atoms with Crippen LogP contribution in [0.5, 0.6) is 0 Å². The van der Waals surface area contributed by atoms with E-state index < -0.39 is 0 Å². The Bertz CT molecular complexity index is 1800. The Balaban J connectivity index is 1.47. The summed E-state index contributed by atoms with van der Waals surface area (Å²) in [6.45, 7) is 0. The van der Waals surface area contributed by atoms with Crippen LogP contribution in [0.4, 0.5) is 17.1 Å². The third-order valence-electron chi connectivity index (χ3n) is 6.79. The van der Waals surface area contributed by atoms with Gasteiger partial charge in [0.1, 0.15) is 5.65 Å². The van der Waals surface area contributed by atoms with Gasteiger partial charge >= 0.3 is 0 Å². The number of nitrogens with zero attached hydrogens (tertiary/aromatic N) is 3. The highest BCUT2D eigenvalue weighted by Gasteiger charge is 2.16. The first-order chi connectivity index (χ1) is 17.9. The van der Waals surface area contributed by atoms with Gasteiger partial charge in [0.15, 0.2) is 0 Å². The van der Waals surface area contributed by atoms with E-state index in [9.17, 15) is 0 Å². The number of pyridine rings is 1. The second kappa shape index (κ2) is 8.40. The molecule has 0 aliphatic carbocycles. The molecule has 0 aliphatic heterocycles. The zero-order chi connectivity index (χ0) is 23.9. The molecule has 3 heteroatoms. The van der Waals surface area contributed by atoms with E-state index in [1.165, 1.54) is 10.8 Å². The Hall–Kier alpha value is -4.89. The normalized spacial score (nSPS) is 11.3. The predicted octanol–water partition coefficient (Wildman–Crippen LogP) is 8.78. The highest BCUT2D eigenvalue weighted by Crippen LogP contribution is 2.38. The lowest BCUT2D eigenvalue weighted by Crippen LogP contribution is -2.09. The maximum absolute atomic E-state index is 4.91. The van der Waals surface area contributed by atoms with Gasteiger partial charge in [-0.1, -0.05) is 91.0 Å². The molecule has 0 bridgehead atoms. The van der Waals surface area contributed by atoms with Crippen LogP contribution in [0.25, 0.3) is 38.6 Å². The van der Waals surface area contributed by atoms with E-state index in [2.05, 4.69) is 143 Å². The number of para-hydroxylation sites is 3. The Kier molecular flexibility index (Phi) is 4.78. The van der Waals surface area contributed by atoms with Crippen molar-refractivity contribution >= 4 is 44.4 Å². The molecule has 0 aliphatic rings. The lowest BCUT2D eigenvalue weighted by atomic mass is 10.1. The number of imidazole rings is 1. The maximum Gasteiger partial charge on any atom is 0.145 e. The minimum Gasteiger partial charge on any atom is -0.310 e. The fourth-order valence-electron chi connectivity index (χ4n) is 5.20. The van der Waals surface area contributed by atoms with Gasteiger partial charge in [-0.25, -0.2) is 4.98 Å². The van der Waals surface area contributed by atoms with Crippen LogP contribution < -0.4 is 4.90 Å². The number of benzene rings is 5. The first kappa shape index (κ1) is 20.5. The molecule has 5 aromatic carbocycles. The smallest absolute Gasteiger partial charge is 0.145 e. The highest BCUT2D eigenvalue weighted by atomic mass is 15.1. The van der Waals surface area contributed by atoms with Crippen molar-refractivity contribution in [3.05, 3.63) is 140 Å². The number of aromatic nitrogens is 2. The molecule has 3 nitrogen and oxygen atoms in total. The molecule has 0 radical (unpaired) electrons. The summed E-state index contributed by atoms with van der Waals surface area (Å²) in [5, 5.41) is 3.62. The van der Waals surface area contributed by atoms with Crippen LogP contribution in [0, 0.1) is 0 Å². The SMILES string of the molecule is c1ccc(N(c2ccccc2)c2cccc(-c3cnc4c5ccccc5c5ccccc5n34)c2)cc1. The molecule has 0 atom stereocenters. The third-order valence-corrected chi connectivity index (χ3v) is 6.79. The van der Waals surface area contributed by atoms with E-state index in [-0.39, 0.29) is 0 Å². The molecule has 0 unspecified atom stereocenters. The number of rotatable bonds is 4. The van der Waals surface area contributed by atoms with Crippen molar-refractivity contribution in [3.63, 3.8) is 0 Å². The zero-order valence-electron chi connectivity index (χ0n) is 19.6. The summed E-state index contributed by atoms with van der Waals surface area (Å²) in [6, 6.07) is 46.9. The van der Waals surface area contributed by atoms with Crippen LogP contribution in [0.3, 0.4) is 0 Å². The van der Waals surface area contributed by atoms with Crippen molar-refractivity contribution in [2.75, 3.05) is 4.90 Å². The Labute approximate surface area is 209 Å². The molecular weight excluding hydrogens is 438 g/mol. The van der Waals surface area contributed by atoms with Crippen molar-refractivity contribution in [2.24, 2.45) is 0 Å². The highest BCUT2D eigenvalue weighted by molar-refractivity contribution is 6.12. The lowest BCUT2D eigenvalue weighted by molar-refractivity contribution is 1.26. The molecule has 0 amide bonds. The van der Waals surface area contributed by atoms with Gasteiger partial charge in [-0.2, -0.15) is 0 Å².